The summed E-state index contributed by atoms with van der Waals surface area (Å²) in [6.07, 6.45) is -6.84. The van der Waals surface area contributed by atoms with E-state index in [1.165, 1.54) is 13.8 Å². The lowest BCUT2D eigenvalue weighted by molar-refractivity contribution is -0.301. The van der Waals surface area contributed by atoms with Crippen molar-refractivity contribution in [3.8, 4) is 0 Å². The molecule has 8 heteroatoms. The van der Waals surface area contributed by atoms with E-state index in [0.717, 1.165) is 0 Å². The molecule has 0 aromatic heterocycles. The summed E-state index contributed by atoms with van der Waals surface area (Å²) in [5.41, 5.74) is 0. The second kappa shape index (κ2) is 14.0. The number of aldehydes is 1. The molecule has 120 valence electrons. The topological polar surface area (TPSA) is 164 Å². The van der Waals surface area contributed by atoms with Crippen molar-refractivity contribution in [3.63, 3.8) is 0 Å². The van der Waals surface area contributed by atoms with Crippen LogP contribution < -0.4 is 10.2 Å². The molecule has 0 aliphatic rings. The lowest BCUT2D eigenvalue weighted by Crippen LogP contribution is -2.46. The Morgan fingerprint density at radius 2 is 1.35 bits per heavy atom. The van der Waals surface area contributed by atoms with E-state index in [2.05, 4.69) is 13.2 Å². The Bertz CT molecular complexity index is 259. The van der Waals surface area contributed by atoms with E-state index < -0.39 is 31.0 Å². The predicted octanol–water partition coefficient (Wildman–Crippen LogP) is -3.62. The molecule has 0 amide bonds. The van der Waals surface area contributed by atoms with Crippen LogP contribution in [0.1, 0.15) is 13.8 Å². The molecule has 0 radical (unpaired) electrons. The Morgan fingerprint density at radius 1 is 1.05 bits per heavy atom. The number of rotatable bonds is 5. The van der Waals surface area contributed by atoms with Crippen LogP contribution in [-0.2, 0) is 4.79 Å². The standard InChI is InChI=1S/C6H12O6.2C3H6O/c7-1-3(9)5(11)6(12)4(10)2-8;2*1-3(2)4/h1,3-6,8-12H,2H2;2*4H,1H2,2H3/p-2/t3-,4+,5-,6+;;/m0../s1. The van der Waals surface area contributed by atoms with Gasteiger partial charge in [0.1, 0.15) is 24.4 Å². The largest absolute Gasteiger partial charge is 0.876 e. The zero-order valence-corrected chi connectivity index (χ0v) is 11.5. The van der Waals surface area contributed by atoms with Gasteiger partial charge < -0.3 is 40.5 Å². The third-order valence-electron chi connectivity index (χ3n) is 1.42. The molecule has 5 N–H and O–H groups in total. The van der Waals surface area contributed by atoms with Crippen LogP contribution in [0.5, 0.6) is 0 Å². The van der Waals surface area contributed by atoms with Gasteiger partial charge in [-0.25, -0.2) is 0 Å². The van der Waals surface area contributed by atoms with E-state index >= 15 is 0 Å². The van der Waals surface area contributed by atoms with E-state index in [0.29, 0.717) is 0 Å². The van der Waals surface area contributed by atoms with E-state index in [1.54, 1.807) is 0 Å². The average Bonchev–Trinajstić information content (AvgIpc) is 2.33. The molecule has 0 spiro atoms. The van der Waals surface area contributed by atoms with Crippen LogP contribution in [0.2, 0.25) is 0 Å². The van der Waals surface area contributed by atoms with Crippen molar-refractivity contribution in [3.05, 3.63) is 24.7 Å². The van der Waals surface area contributed by atoms with Gasteiger partial charge in [-0.05, 0) is 0 Å². The Labute approximate surface area is 117 Å². The third kappa shape index (κ3) is 18.9. The van der Waals surface area contributed by atoms with Crippen molar-refractivity contribution in [2.24, 2.45) is 0 Å². The molecule has 0 aliphatic heterocycles. The normalized spacial score (nSPS) is 15.2. The summed E-state index contributed by atoms with van der Waals surface area (Å²) in [6, 6.07) is 0. The van der Waals surface area contributed by atoms with Crippen molar-refractivity contribution in [1.29, 1.82) is 0 Å². The first-order chi connectivity index (χ1) is 9.00. The molecule has 0 rings (SSSR count). The smallest absolute Gasteiger partial charge is 0.151 e. The molecular weight excluding hydrogens is 272 g/mol. The molecule has 0 saturated heterocycles. The number of aliphatic hydroxyl groups is 5. The van der Waals surface area contributed by atoms with E-state index in [4.69, 9.17) is 25.5 Å². The minimum absolute atomic E-state index is 0.0258. The third-order valence-corrected chi connectivity index (χ3v) is 1.42. The summed E-state index contributed by atoms with van der Waals surface area (Å²) in [7, 11) is 0. The van der Waals surface area contributed by atoms with E-state index in [-0.39, 0.29) is 17.8 Å². The zero-order chi connectivity index (χ0) is 16.9. The van der Waals surface area contributed by atoms with Crippen molar-refractivity contribution in [1.82, 2.24) is 0 Å². The van der Waals surface area contributed by atoms with Gasteiger partial charge in [-0.15, -0.1) is 24.7 Å². The first-order valence-electron chi connectivity index (χ1n) is 5.44. The fraction of sp³-hybridized carbons (Fsp3) is 0.583. The Balaban J connectivity index is -0.000000297. The maximum Gasteiger partial charge on any atom is 0.151 e. The highest BCUT2D eigenvalue weighted by atomic mass is 16.4. The van der Waals surface area contributed by atoms with E-state index in [9.17, 15) is 15.0 Å². The van der Waals surface area contributed by atoms with Gasteiger partial charge >= 0.3 is 0 Å². The fourth-order valence-electron chi connectivity index (χ4n) is 0.618. The molecule has 0 aliphatic carbocycles. The van der Waals surface area contributed by atoms with Crippen molar-refractivity contribution in [2.45, 2.75) is 38.3 Å². The van der Waals surface area contributed by atoms with Gasteiger partial charge in [0.25, 0.3) is 0 Å². The van der Waals surface area contributed by atoms with Gasteiger partial charge in [-0.3, -0.25) is 0 Å². The molecule has 20 heavy (non-hydrogen) atoms. The number of carbonyl (C=O) groups is 1. The molecule has 0 fully saturated rings. The summed E-state index contributed by atoms with van der Waals surface area (Å²) in [4.78, 5) is 9.90. The number of carbonyl (C=O) groups excluding carboxylic acids is 1. The number of hydrogen-bond donors (Lipinski definition) is 5. The van der Waals surface area contributed by atoms with Crippen LogP contribution in [0.3, 0.4) is 0 Å². The molecule has 0 unspecified atom stereocenters. The average molecular weight is 294 g/mol. The summed E-state index contributed by atoms with van der Waals surface area (Å²) >= 11 is 0. The highest BCUT2D eigenvalue weighted by Gasteiger charge is 2.29. The predicted molar refractivity (Wildman–Crippen MR) is 66.8 cm³/mol. The summed E-state index contributed by atoms with van der Waals surface area (Å²) in [6.45, 7) is 8.07. The van der Waals surface area contributed by atoms with Gasteiger partial charge in [0.15, 0.2) is 6.29 Å². The molecule has 4 atom stereocenters. The Hall–Kier alpha value is -1.45. The van der Waals surface area contributed by atoms with Crippen LogP contribution in [-0.4, -0.2) is 62.8 Å². The second-order valence-corrected chi connectivity index (χ2v) is 3.76. The highest BCUT2D eigenvalue weighted by Crippen LogP contribution is 2.02. The van der Waals surface area contributed by atoms with Crippen LogP contribution in [0.15, 0.2) is 24.7 Å². The first kappa shape index (κ1) is 23.6. The lowest BCUT2D eigenvalue weighted by Gasteiger charge is -2.22. The fourth-order valence-corrected chi connectivity index (χ4v) is 0.618. The van der Waals surface area contributed by atoms with Crippen LogP contribution in [0, 0.1) is 0 Å². The van der Waals surface area contributed by atoms with Crippen molar-refractivity contribution >= 4 is 6.29 Å². The van der Waals surface area contributed by atoms with E-state index in [1.807, 2.05) is 0 Å². The van der Waals surface area contributed by atoms with Crippen LogP contribution >= 0.6 is 0 Å². The second-order valence-electron chi connectivity index (χ2n) is 3.76. The zero-order valence-electron chi connectivity index (χ0n) is 11.5. The SMILES string of the molecule is C=C(C)[O-].C=C(C)[O-].O=C[C@H](O)[C@H](O)[C@H](O)[C@H](O)CO. The molecular formula is C12H22O8-2. The van der Waals surface area contributed by atoms with Crippen molar-refractivity contribution in [2.75, 3.05) is 6.61 Å². The molecule has 0 aromatic carbocycles. The Morgan fingerprint density at radius 3 is 1.55 bits per heavy atom. The quantitative estimate of drug-likeness (QED) is 0.256. The van der Waals surface area contributed by atoms with Crippen molar-refractivity contribution < 1.29 is 40.5 Å². The minimum atomic E-state index is -1.79. The highest BCUT2D eigenvalue weighted by molar-refractivity contribution is 5.56. The Kier molecular flexibility index (Phi) is 16.5. The minimum Gasteiger partial charge on any atom is -0.876 e. The number of aliphatic hydroxyl groups excluding tert-OH is 5. The monoisotopic (exact) mass is 294 g/mol. The maximum absolute atomic E-state index is 9.90. The molecule has 8 nitrogen and oxygen atoms in total. The maximum atomic E-state index is 9.90. The van der Waals surface area contributed by atoms with Gasteiger partial charge in [0.2, 0.25) is 0 Å². The van der Waals surface area contributed by atoms with Crippen LogP contribution in [0.25, 0.3) is 0 Å². The number of hydrogen-bond acceptors (Lipinski definition) is 8. The lowest BCUT2D eigenvalue weighted by atomic mass is 10.0. The van der Waals surface area contributed by atoms with Crippen LogP contribution in [0.4, 0.5) is 0 Å². The molecule has 0 heterocycles. The molecule has 0 bridgehead atoms. The number of allylic oxidation sites excluding steroid dienone is 2. The van der Waals surface area contributed by atoms with Gasteiger partial charge in [-0.2, -0.15) is 0 Å². The first-order valence-corrected chi connectivity index (χ1v) is 5.44. The molecule has 0 saturated carbocycles. The van der Waals surface area contributed by atoms with Gasteiger partial charge in [-0.1, -0.05) is 13.8 Å². The van der Waals surface area contributed by atoms with Gasteiger partial charge in [0.05, 0.1) is 6.61 Å². The van der Waals surface area contributed by atoms with Gasteiger partial charge in [0, 0.05) is 0 Å². The summed E-state index contributed by atoms with van der Waals surface area (Å²) in [5.74, 6) is -0.167. The molecule has 0 aromatic rings. The summed E-state index contributed by atoms with van der Waals surface area (Å²) in [5, 5.41) is 62.2. The summed E-state index contributed by atoms with van der Waals surface area (Å²) < 4.78 is 0.